The zero-order valence-electron chi connectivity index (χ0n) is 9.48. The van der Waals surface area contributed by atoms with Crippen LogP contribution in [0.1, 0.15) is 0 Å². The van der Waals surface area contributed by atoms with Gasteiger partial charge in [-0.25, -0.2) is 0 Å². The van der Waals surface area contributed by atoms with Gasteiger partial charge in [0.1, 0.15) is 5.75 Å². The maximum Gasteiger partial charge on any atom is 0.121 e. The topological polar surface area (TPSA) is 34.1 Å². The average molecular weight is 220 g/mol. The van der Waals surface area contributed by atoms with Gasteiger partial charge in [-0.05, 0) is 18.9 Å². The Hall–Kier alpha value is -1.55. The molecule has 2 rings (SSSR count). The van der Waals surface area contributed by atoms with Crippen molar-refractivity contribution >= 4 is 18.1 Å². The molecule has 16 heavy (non-hydrogen) atoms. The fourth-order valence-corrected chi connectivity index (χ4v) is 1.82. The van der Waals surface area contributed by atoms with E-state index in [4.69, 9.17) is 9.47 Å². The van der Waals surface area contributed by atoms with Crippen molar-refractivity contribution in [2.75, 3.05) is 38.3 Å². The molecule has 1 saturated heterocycles. The molecule has 0 aromatic heterocycles. The molecule has 0 unspecified atom stereocenters. The molecule has 86 valence electrons. The molecule has 0 aliphatic carbocycles. The van der Waals surface area contributed by atoms with Crippen LogP contribution in [0.2, 0.25) is 0 Å². The molecule has 1 heterocycles. The molecule has 4 heteroatoms. The summed E-state index contributed by atoms with van der Waals surface area (Å²) in [6.45, 7) is 6.88. The lowest BCUT2D eigenvalue weighted by atomic mass is 10.2. The quantitative estimate of drug-likeness (QED) is 0.729. The minimum atomic E-state index is 0.758. The van der Waals surface area contributed by atoms with Crippen LogP contribution < -0.4 is 9.64 Å². The molecule has 0 spiro atoms. The van der Waals surface area contributed by atoms with E-state index < -0.39 is 0 Å². The lowest BCUT2D eigenvalue weighted by Crippen LogP contribution is -2.36. The van der Waals surface area contributed by atoms with Crippen LogP contribution in [0.15, 0.2) is 23.2 Å². The van der Waals surface area contributed by atoms with Gasteiger partial charge in [-0.2, -0.15) is 0 Å². The Morgan fingerprint density at radius 2 is 2.12 bits per heavy atom. The minimum Gasteiger partial charge on any atom is -0.497 e. The van der Waals surface area contributed by atoms with E-state index in [1.807, 2.05) is 18.2 Å². The van der Waals surface area contributed by atoms with E-state index >= 15 is 0 Å². The third kappa shape index (κ3) is 2.17. The fourth-order valence-electron chi connectivity index (χ4n) is 1.82. The second kappa shape index (κ2) is 4.99. The summed E-state index contributed by atoms with van der Waals surface area (Å²) in [5.74, 6) is 0.842. The van der Waals surface area contributed by atoms with Crippen molar-refractivity contribution in [1.29, 1.82) is 0 Å². The van der Waals surface area contributed by atoms with Crippen LogP contribution in [-0.2, 0) is 4.74 Å². The summed E-state index contributed by atoms with van der Waals surface area (Å²) in [5, 5.41) is 0. The number of benzene rings is 1. The fraction of sp³-hybridized carbons (Fsp3) is 0.417. The predicted molar refractivity (Wildman–Crippen MR) is 65.2 cm³/mol. The molecule has 0 saturated carbocycles. The number of hydrogen-bond acceptors (Lipinski definition) is 4. The van der Waals surface area contributed by atoms with Crippen molar-refractivity contribution in [2.24, 2.45) is 4.99 Å². The van der Waals surface area contributed by atoms with Crippen molar-refractivity contribution in [3.05, 3.63) is 18.2 Å². The largest absolute Gasteiger partial charge is 0.497 e. The first-order valence-electron chi connectivity index (χ1n) is 5.32. The first kappa shape index (κ1) is 11.0. The van der Waals surface area contributed by atoms with Crippen LogP contribution >= 0.6 is 0 Å². The Balaban J connectivity index is 2.31. The second-order valence-corrected chi connectivity index (χ2v) is 3.61. The molecule has 0 atom stereocenters. The second-order valence-electron chi connectivity index (χ2n) is 3.61. The molecule has 0 N–H and O–H groups in total. The summed E-state index contributed by atoms with van der Waals surface area (Å²) < 4.78 is 10.6. The van der Waals surface area contributed by atoms with Crippen LogP contribution in [0.25, 0.3) is 0 Å². The normalized spacial score (nSPS) is 15.9. The summed E-state index contributed by atoms with van der Waals surface area (Å²) in [6.07, 6.45) is 0. The number of anilines is 1. The molecule has 0 radical (unpaired) electrons. The molecule has 0 bridgehead atoms. The summed E-state index contributed by atoms with van der Waals surface area (Å²) in [7, 11) is 1.67. The van der Waals surface area contributed by atoms with Crippen molar-refractivity contribution in [1.82, 2.24) is 0 Å². The highest BCUT2D eigenvalue weighted by molar-refractivity contribution is 5.71. The van der Waals surface area contributed by atoms with Gasteiger partial charge in [0, 0.05) is 19.2 Å². The van der Waals surface area contributed by atoms with E-state index in [2.05, 4.69) is 16.6 Å². The lowest BCUT2D eigenvalue weighted by Gasteiger charge is -2.29. The van der Waals surface area contributed by atoms with Gasteiger partial charge in [-0.1, -0.05) is 0 Å². The SMILES string of the molecule is C=Nc1ccc(OC)cc1N1CCOCC1. The number of methoxy groups -OCH3 is 1. The van der Waals surface area contributed by atoms with Crippen LogP contribution in [0, 0.1) is 0 Å². The van der Waals surface area contributed by atoms with Gasteiger partial charge in [-0.3, -0.25) is 4.99 Å². The third-order valence-corrected chi connectivity index (χ3v) is 2.70. The van der Waals surface area contributed by atoms with Gasteiger partial charge in [0.25, 0.3) is 0 Å². The number of morpholine rings is 1. The van der Waals surface area contributed by atoms with Crippen molar-refractivity contribution in [2.45, 2.75) is 0 Å². The lowest BCUT2D eigenvalue weighted by molar-refractivity contribution is 0.122. The van der Waals surface area contributed by atoms with Gasteiger partial charge < -0.3 is 14.4 Å². The smallest absolute Gasteiger partial charge is 0.121 e. The number of nitrogens with zero attached hydrogens (tertiary/aromatic N) is 2. The Kier molecular flexibility index (Phi) is 3.41. The van der Waals surface area contributed by atoms with E-state index in [0.29, 0.717) is 0 Å². The van der Waals surface area contributed by atoms with Gasteiger partial charge in [-0.15, -0.1) is 0 Å². The van der Waals surface area contributed by atoms with Crippen molar-refractivity contribution in [3.63, 3.8) is 0 Å². The maximum absolute atomic E-state index is 5.33. The molecule has 1 aromatic rings. The van der Waals surface area contributed by atoms with Crippen LogP contribution in [0.3, 0.4) is 0 Å². The van der Waals surface area contributed by atoms with Gasteiger partial charge >= 0.3 is 0 Å². The van der Waals surface area contributed by atoms with Crippen LogP contribution in [0.5, 0.6) is 5.75 Å². The number of aliphatic imine (C=N–C) groups is 1. The van der Waals surface area contributed by atoms with Gasteiger partial charge in [0.2, 0.25) is 0 Å². The highest BCUT2D eigenvalue weighted by Gasteiger charge is 2.15. The zero-order chi connectivity index (χ0) is 11.4. The number of ether oxygens (including phenoxy) is 2. The molecule has 4 nitrogen and oxygen atoms in total. The number of hydrogen-bond donors (Lipinski definition) is 0. The molecule has 1 fully saturated rings. The Bertz CT molecular complexity index is 373. The number of rotatable bonds is 3. The van der Waals surface area contributed by atoms with Crippen molar-refractivity contribution in [3.8, 4) is 5.75 Å². The van der Waals surface area contributed by atoms with Gasteiger partial charge in [0.15, 0.2) is 0 Å². The summed E-state index contributed by atoms with van der Waals surface area (Å²) in [6, 6.07) is 5.82. The highest BCUT2D eigenvalue weighted by atomic mass is 16.5. The Morgan fingerprint density at radius 3 is 2.75 bits per heavy atom. The maximum atomic E-state index is 5.33. The molecule has 1 aliphatic heterocycles. The monoisotopic (exact) mass is 220 g/mol. The van der Waals surface area contributed by atoms with Crippen molar-refractivity contribution < 1.29 is 9.47 Å². The van der Waals surface area contributed by atoms with Crippen LogP contribution in [-0.4, -0.2) is 40.1 Å². The molecule has 0 amide bonds. The van der Waals surface area contributed by atoms with Gasteiger partial charge in [0.05, 0.1) is 31.7 Å². The zero-order valence-corrected chi connectivity index (χ0v) is 9.48. The highest BCUT2D eigenvalue weighted by Crippen LogP contribution is 2.32. The van der Waals surface area contributed by atoms with E-state index in [1.165, 1.54) is 0 Å². The predicted octanol–water partition coefficient (Wildman–Crippen LogP) is 1.86. The Morgan fingerprint density at radius 1 is 1.38 bits per heavy atom. The summed E-state index contributed by atoms with van der Waals surface area (Å²) in [5.41, 5.74) is 1.96. The average Bonchev–Trinajstić information content (AvgIpc) is 2.39. The summed E-state index contributed by atoms with van der Waals surface area (Å²) >= 11 is 0. The van der Waals surface area contributed by atoms with E-state index in [1.54, 1.807) is 7.11 Å². The first-order chi connectivity index (χ1) is 7.85. The van der Waals surface area contributed by atoms with E-state index in [0.717, 1.165) is 43.4 Å². The molecular weight excluding hydrogens is 204 g/mol. The molecule has 1 aromatic carbocycles. The van der Waals surface area contributed by atoms with Crippen LogP contribution in [0.4, 0.5) is 11.4 Å². The Labute approximate surface area is 95.5 Å². The third-order valence-electron chi connectivity index (χ3n) is 2.70. The molecular formula is C12H16N2O2. The van der Waals surface area contributed by atoms with E-state index in [9.17, 15) is 0 Å². The first-order valence-corrected chi connectivity index (χ1v) is 5.32. The molecule has 1 aliphatic rings. The standard InChI is InChI=1S/C12H16N2O2/c1-13-11-4-3-10(15-2)9-12(11)14-5-7-16-8-6-14/h3-4,9H,1,5-8H2,2H3. The van der Waals surface area contributed by atoms with E-state index in [-0.39, 0.29) is 0 Å². The summed E-state index contributed by atoms with van der Waals surface area (Å²) in [4.78, 5) is 6.28. The minimum absolute atomic E-state index is 0.758.